The molecule has 0 unspecified atom stereocenters. The number of hydrogen-bond acceptors (Lipinski definition) is 2. The third kappa shape index (κ3) is 4.04. The molecule has 1 heterocycles. The van der Waals surface area contributed by atoms with E-state index in [1.807, 2.05) is 6.92 Å². The van der Waals surface area contributed by atoms with Crippen molar-refractivity contribution in [2.45, 2.75) is 39.0 Å². The summed E-state index contributed by atoms with van der Waals surface area (Å²) in [5.74, 6) is 0. The Morgan fingerprint density at radius 1 is 1.15 bits per heavy atom. The van der Waals surface area contributed by atoms with Crippen LogP contribution in [0.25, 0.3) is 0 Å². The monoisotopic (exact) mass is 334 g/mol. The molecule has 1 aromatic carbocycles. The van der Waals surface area contributed by atoms with E-state index in [0.29, 0.717) is 0 Å². The number of nitrogens with one attached hydrogen (secondary N) is 1. The maximum Gasteiger partial charge on any atom is 0.153 e. The van der Waals surface area contributed by atoms with Crippen molar-refractivity contribution in [1.82, 2.24) is 10.2 Å². The fraction of sp³-hybridized carbons (Fsp3) is 0.375. The van der Waals surface area contributed by atoms with Crippen LogP contribution in [0.3, 0.4) is 0 Å². The van der Waals surface area contributed by atoms with E-state index in [4.69, 9.17) is 0 Å². The second-order valence-electron chi connectivity index (χ2n) is 5.01. The number of H-pyrrole nitrogens is 1. The first-order valence-corrected chi connectivity index (χ1v) is 7.73. The number of aryl methyl sites for hydroxylation is 3. The van der Waals surface area contributed by atoms with E-state index in [-0.39, 0.29) is 0 Å². The van der Waals surface area contributed by atoms with Crippen LogP contribution in [0.1, 0.15) is 46.6 Å². The Balaban J connectivity index is 1.71. The van der Waals surface area contributed by atoms with Gasteiger partial charge in [0, 0.05) is 10.2 Å². The van der Waals surface area contributed by atoms with Crippen LogP contribution in [-0.4, -0.2) is 16.5 Å². The van der Waals surface area contributed by atoms with Gasteiger partial charge < -0.3 is 0 Å². The number of halogens is 1. The molecule has 0 spiro atoms. The molecule has 3 nitrogen and oxygen atoms in total. The van der Waals surface area contributed by atoms with E-state index >= 15 is 0 Å². The molecule has 0 aliphatic carbocycles. The number of aromatic nitrogens is 2. The summed E-state index contributed by atoms with van der Waals surface area (Å²) in [6.07, 6.45) is 6.27. The lowest BCUT2D eigenvalue weighted by Crippen LogP contribution is -1.93. The highest BCUT2D eigenvalue weighted by atomic mass is 79.9. The highest BCUT2D eigenvalue weighted by molar-refractivity contribution is 9.10. The normalized spacial score (nSPS) is 10.7. The van der Waals surface area contributed by atoms with E-state index < -0.39 is 0 Å². The quantitative estimate of drug-likeness (QED) is 0.607. The molecule has 0 aliphatic rings. The molecule has 0 amide bonds. The molecule has 0 bridgehead atoms. The second-order valence-corrected chi connectivity index (χ2v) is 5.93. The first kappa shape index (κ1) is 15.0. The molecule has 0 saturated carbocycles. The molecule has 0 atom stereocenters. The summed E-state index contributed by atoms with van der Waals surface area (Å²) in [5.41, 5.74) is 3.88. The van der Waals surface area contributed by atoms with Crippen LogP contribution < -0.4 is 0 Å². The molecule has 1 N–H and O–H groups in total. The Bertz CT molecular complexity index is 560. The Labute approximate surface area is 127 Å². The lowest BCUT2D eigenvalue weighted by atomic mass is 10.0. The van der Waals surface area contributed by atoms with Crippen molar-refractivity contribution in [3.8, 4) is 0 Å². The van der Waals surface area contributed by atoms with Crippen LogP contribution in [0.2, 0.25) is 0 Å². The molecule has 1 aromatic heterocycles. The molecular formula is C16H19BrN2O. The fourth-order valence-electron chi connectivity index (χ4n) is 2.28. The third-order valence-corrected chi connectivity index (χ3v) is 4.01. The average Bonchev–Trinajstić information content (AvgIpc) is 2.81. The topological polar surface area (TPSA) is 45.8 Å². The molecule has 20 heavy (non-hydrogen) atoms. The van der Waals surface area contributed by atoms with E-state index in [9.17, 15) is 4.79 Å². The minimum absolute atomic E-state index is 0.734. The van der Waals surface area contributed by atoms with Gasteiger partial charge in [0.2, 0.25) is 0 Å². The van der Waals surface area contributed by atoms with E-state index in [0.717, 1.165) is 53.4 Å². The summed E-state index contributed by atoms with van der Waals surface area (Å²) in [4.78, 5) is 10.9. The van der Waals surface area contributed by atoms with Gasteiger partial charge in [-0.3, -0.25) is 9.89 Å². The smallest absolute Gasteiger partial charge is 0.153 e. The van der Waals surface area contributed by atoms with Crippen molar-refractivity contribution >= 4 is 22.2 Å². The molecule has 0 saturated heterocycles. The van der Waals surface area contributed by atoms with Gasteiger partial charge in [-0.25, -0.2) is 0 Å². The molecule has 0 fully saturated rings. The molecular weight excluding hydrogens is 316 g/mol. The summed E-state index contributed by atoms with van der Waals surface area (Å²) < 4.78 is 1.12. The first-order chi connectivity index (χ1) is 9.70. The van der Waals surface area contributed by atoms with Crippen molar-refractivity contribution in [2.75, 3.05) is 0 Å². The maximum atomic E-state index is 10.9. The zero-order chi connectivity index (χ0) is 14.4. The highest BCUT2D eigenvalue weighted by Gasteiger charge is 2.08. The van der Waals surface area contributed by atoms with Crippen molar-refractivity contribution in [2.24, 2.45) is 0 Å². The van der Waals surface area contributed by atoms with Crippen LogP contribution in [0, 0.1) is 6.92 Å². The molecule has 0 radical (unpaired) electrons. The van der Waals surface area contributed by atoms with Crippen LogP contribution in [0.15, 0.2) is 28.7 Å². The zero-order valence-corrected chi connectivity index (χ0v) is 13.2. The van der Waals surface area contributed by atoms with Crippen molar-refractivity contribution < 1.29 is 4.79 Å². The number of rotatable bonds is 7. The number of carbonyl (C=O) groups excluding carboxylic acids is 1. The lowest BCUT2D eigenvalue weighted by Gasteiger charge is -2.02. The zero-order valence-electron chi connectivity index (χ0n) is 11.7. The molecule has 2 rings (SSSR count). The van der Waals surface area contributed by atoms with Gasteiger partial charge in [0.25, 0.3) is 0 Å². The minimum atomic E-state index is 0.734. The fourth-order valence-corrected chi connectivity index (χ4v) is 2.55. The summed E-state index contributed by atoms with van der Waals surface area (Å²) in [5, 5.41) is 7.07. The summed E-state index contributed by atoms with van der Waals surface area (Å²) >= 11 is 3.44. The third-order valence-electron chi connectivity index (χ3n) is 3.48. The molecule has 2 aromatic rings. The lowest BCUT2D eigenvalue weighted by molar-refractivity contribution is 0.112. The van der Waals surface area contributed by atoms with Crippen LogP contribution in [-0.2, 0) is 12.8 Å². The van der Waals surface area contributed by atoms with Crippen molar-refractivity contribution in [1.29, 1.82) is 0 Å². The average molecular weight is 335 g/mol. The van der Waals surface area contributed by atoms with Gasteiger partial charge in [0.1, 0.15) is 0 Å². The van der Waals surface area contributed by atoms with Gasteiger partial charge in [-0.1, -0.05) is 34.5 Å². The van der Waals surface area contributed by atoms with Crippen LogP contribution in [0.5, 0.6) is 0 Å². The largest absolute Gasteiger partial charge is 0.298 e. The number of carbonyl (C=O) groups is 1. The second kappa shape index (κ2) is 7.39. The first-order valence-electron chi connectivity index (χ1n) is 6.94. The van der Waals surface area contributed by atoms with E-state index in [1.54, 1.807) is 0 Å². The van der Waals surface area contributed by atoms with E-state index in [2.05, 4.69) is 50.4 Å². The SMILES string of the molecule is Cc1[nH]nc(CCCCCc2ccc(Br)cc2)c1C=O. The predicted molar refractivity (Wildman–Crippen MR) is 84.1 cm³/mol. The van der Waals surface area contributed by atoms with Gasteiger partial charge in [0.05, 0.1) is 11.3 Å². The molecule has 0 aliphatic heterocycles. The van der Waals surface area contributed by atoms with Gasteiger partial charge >= 0.3 is 0 Å². The Kier molecular flexibility index (Phi) is 5.53. The Morgan fingerprint density at radius 3 is 2.55 bits per heavy atom. The number of nitrogens with zero attached hydrogens (tertiary/aromatic N) is 1. The van der Waals surface area contributed by atoms with Gasteiger partial charge in [0.15, 0.2) is 6.29 Å². The summed E-state index contributed by atoms with van der Waals surface area (Å²) in [6, 6.07) is 8.48. The number of aromatic amines is 1. The Morgan fingerprint density at radius 2 is 1.85 bits per heavy atom. The highest BCUT2D eigenvalue weighted by Crippen LogP contribution is 2.15. The Hall–Kier alpha value is -1.42. The number of unbranched alkanes of at least 4 members (excludes halogenated alkanes) is 2. The molecule has 106 valence electrons. The molecule has 4 heteroatoms. The number of benzene rings is 1. The standard InChI is InChI=1S/C16H19BrN2O/c1-12-15(11-20)16(19-18-12)6-4-2-3-5-13-7-9-14(17)10-8-13/h7-11H,2-6H2,1H3,(H,18,19). The minimum Gasteiger partial charge on any atom is -0.298 e. The van der Waals surface area contributed by atoms with Gasteiger partial charge in [-0.15, -0.1) is 0 Å². The van der Waals surface area contributed by atoms with Gasteiger partial charge in [-0.05, 0) is 50.3 Å². The van der Waals surface area contributed by atoms with Crippen LogP contribution in [0.4, 0.5) is 0 Å². The van der Waals surface area contributed by atoms with Gasteiger partial charge in [-0.2, -0.15) is 5.10 Å². The van der Waals surface area contributed by atoms with Crippen LogP contribution >= 0.6 is 15.9 Å². The predicted octanol–water partition coefficient (Wildman–Crippen LogP) is 4.25. The van der Waals surface area contributed by atoms with Crippen molar-refractivity contribution in [3.05, 3.63) is 51.3 Å². The van der Waals surface area contributed by atoms with E-state index in [1.165, 1.54) is 12.0 Å². The summed E-state index contributed by atoms with van der Waals surface area (Å²) in [6.45, 7) is 1.88. The summed E-state index contributed by atoms with van der Waals surface area (Å²) in [7, 11) is 0. The maximum absolute atomic E-state index is 10.9. The number of aldehydes is 1. The van der Waals surface area contributed by atoms with Crippen molar-refractivity contribution in [3.63, 3.8) is 0 Å². The number of hydrogen-bond donors (Lipinski definition) is 1.